The lowest BCUT2D eigenvalue weighted by atomic mass is 9.45. The number of halogens is 1. The van der Waals surface area contributed by atoms with Gasteiger partial charge in [-0.1, -0.05) is 19.4 Å². The van der Waals surface area contributed by atoms with Crippen LogP contribution in [0.3, 0.4) is 0 Å². The maximum atomic E-state index is 13.6. The third-order valence-electron chi connectivity index (χ3n) is 11.3. The summed E-state index contributed by atoms with van der Waals surface area (Å²) in [5.41, 5.74) is 2.59. The van der Waals surface area contributed by atoms with Gasteiger partial charge in [0, 0.05) is 37.0 Å². The fourth-order valence-corrected chi connectivity index (χ4v) is 9.26. The van der Waals surface area contributed by atoms with Gasteiger partial charge in [0.15, 0.2) is 0 Å². The predicted molar refractivity (Wildman–Crippen MR) is 155 cm³/mol. The topological polar surface area (TPSA) is 113 Å². The van der Waals surface area contributed by atoms with Gasteiger partial charge in [0.1, 0.15) is 11.4 Å². The van der Waals surface area contributed by atoms with Crippen LogP contribution in [0.25, 0.3) is 11.8 Å². The molecule has 3 N–H and O–H groups in total. The van der Waals surface area contributed by atoms with Crippen molar-refractivity contribution < 1.29 is 19.4 Å². The van der Waals surface area contributed by atoms with E-state index in [1.165, 1.54) is 17.7 Å². The van der Waals surface area contributed by atoms with E-state index in [1.54, 1.807) is 30.7 Å². The molecule has 42 heavy (non-hydrogen) atoms. The van der Waals surface area contributed by atoms with Crippen molar-refractivity contribution >= 4 is 12.0 Å². The number of aliphatic hydroxyl groups is 2. The number of benzene rings is 1. The lowest BCUT2D eigenvalue weighted by molar-refractivity contribution is -0.181. The summed E-state index contributed by atoms with van der Waals surface area (Å²) in [5, 5.41) is 31.5. The van der Waals surface area contributed by atoms with Gasteiger partial charge in [-0.15, -0.1) is 0 Å². The molecule has 7 rings (SSSR count). The molecule has 4 aliphatic rings. The molecular weight excluding hydrogens is 533 g/mol. The first-order valence-electron chi connectivity index (χ1n) is 15.1. The molecule has 7 atom stereocenters. The van der Waals surface area contributed by atoms with Crippen LogP contribution < -0.4 is 5.32 Å². The number of amides is 1. The second-order valence-electron chi connectivity index (χ2n) is 13.3. The number of carbonyl (C=O) groups is 1. The van der Waals surface area contributed by atoms with E-state index in [9.17, 15) is 19.4 Å². The van der Waals surface area contributed by atoms with E-state index in [4.69, 9.17) is 0 Å². The number of aliphatic hydroxyl groups excluding tert-OH is 1. The summed E-state index contributed by atoms with van der Waals surface area (Å²) in [4.78, 5) is 21.9. The van der Waals surface area contributed by atoms with Crippen LogP contribution in [0, 0.1) is 34.4 Å². The third kappa shape index (κ3) is 4.00. The first-order valence-corrected chi connectivity index (χ1v) is 15.1. The zero-order valence-corrected chi connectivity index (χ0v) is 24.1. The first-order chi connectivity index (χ1) is 20.1. The van der Waals surface area contributed by atoms with E-state index in [1.807, 2.05) is 17.8 Å². The van der Waals surface area contributed by atoms with Crippen molar-refractivity contribution in [1.82, 2.24) is 25.1 Å². The Bertz CT molecular complexity index is 1540. The molecule has 3 unspecified atom stereocenters. The maximum Gasteiger partial charge on any atom is 0.252 e. The Morgan fingerprint density at radius 1 is 1.17 bits per heavy atom. The zero-order valence-electron chi connectivity index (χ0n) is 24.1. The molecule has 2 heterocycles. The number of hydrogen-bond acceptors (Lipinski definition) is 6. The summed E-state index contributed by atoms with van der Waals surface area (Å²) in [7, 11) is 0. The Morgan fingerprint density at radius 2 is 1.98 bits per heavy atom. The molecule has 220 valence electrons. The van der Waals surface area contributed by atoms with Gasteiger partial charge in [-0.2, -0.15) is 5.10 Å². The first kappa shape index (κ1) is 27.4. The van der Waals surface area contributed by atoms with E-state index in [-0.39, 0.29) is 34.9 Å². The molecule has 0 saturated heterocycles. The van der Waals surface area contributed by atoms with E-state index in [2.05, 4.69) is 33.4 Å². The van der Waals surface area contributed by atoms with Crippen LogP contribution in [0.1, 0.15) is 62.9 Å². The van der Waals surface area contributed by atoms with Crippen molar-refractivity contribution in [3.05, 3.63) is 77.4 Å². The lowest BCUT2D eigenvalue weighted by Crippen LogP contribution is -2.63. The van der Waals surface area contributed by atoms with Crippen LogP contribution >= 0.6 is 0 Å². The minimum absolute atomic E-state index is 0.0277. The molecule has 2 aromatic heterocycles. The van der Waals surface area contributed by atoms with Crippen LogP contribution in [-0.2, 0) is 17.6 Å². The highest BCUT2D eigenvalue weighted by Gasteiger charge is 2.68. The van der Waals surface area contributed by atoms with Gasteiger partial charge in [-0.3, -0.25) is 14.8 Å². The summed E-state index contributed by atoms with van der Waals surface area (Å²) in [6.45, 7) is 4.67. The summed E-state index contributed by atoms with van der Waals surface area (Å²) in [6.07, 6.45) is 13.1. The fraction of sp³-hybridized carbons (Fsp3) is 0.515. The largest absolute Gasteiger partial charge is 0.393 e. The predicted octanol–water partition coefficient (Wildman–Crippen LogP) is 4.04. The lowest BCUT2D eigenvalue weighted by Gasteiger charge is -2.60. The summed E-state index contributed by atoms with van der Waals surface area (Å²) < 4.78 is 15.4. The SMILES string of the molecule is C[C@]12Cc3cnn(-c4ccc(F)cc4)c3C=C1CCC1C2[C@@H](O)C[C@@]2(C)C1CC[C@]2(O)C(=O)NCCc1cnccn1. The highest BCUT2D eigenvalue weighted by molar-refractivity contribution is 5.86. The highest BCUT2D eigenvalue weighted by atomic mass is 19.1. The molecule has 0 bridgehead atoms. The van der Waals surface area contributed by atoms with E-state index < -0.39 is 17.1 Å². The van der Waals surface area contributed by atoms with E-state index in [0.29, 0.717) is 25.8 Å². The molecule has 0 aliphatic heterocycles. The van der Waals surface area contributed by atoms with Gasteiger partial charge in [-0.25, -0.2) is 9.07 Å². The molecular formula is C33H38FN5O3. The molecule has 0 radical (unpaired) electrons. The molecule has 3 fully saturated rings. The van der Waals surface area contributed by atoms with Crippen molar-refractivity contribution in [2.75, 3.05) is 6.54 Å². The third-order valence-corrected chi connectivity index (χ3v) is 11.3. The van der Waals surface area contributed by atoms with Gasteiger partial charge in [0.05, 0.1) is 29.4 Å². The molecule has 8 nitrogen and oxygen atoms in total. The van der Waals surface area contributed by atoms with Gasteiger partial charge in [0.25, 0.3) is 5.91 Å². The van der Waals surface area contributed by atoms with Gasteiger partial charge >= 0.3 is 0 Å². The Balaban J connectivity index is 1.13. The molecule has 3 saturated carbocycles. The van der Waals surface area contributed by atoms with Crippen molar-refractivity contribution in [3.63, 3.8) is 0 Å². The van der Waals surface area contributed by atoms with E-state index >= 15 is 0 Å². The van der Waals surface area contributed by atoms with Crippen LogP contribution in [0.15, 0.2) is 54.6 Å². The summed E-state index contributed by atoms with van der Waals surface area (Å²) >= 11 is 0. The number of carbonyl (C=O) groups excluding carboxylic acids is 1. The molecule has 0 spiro atoms. The quantitative estimate of drug-likeness (QED) is 0.426. The zero-order chi connectivity index (χ0) is 29.3. The molecule has 1 aromatic carbocycles. The Hall–Kier alpha value is -3.43. The van der Waals surface area contributed by atoms with Gasteiger partial charge < -0.3 is 15.5 Å². The monoisotopic (exact) mass is 571 g/mol. The van der Waals surface area contributed by atoms with Gasteiger partial charge in [0.2, 0.25) is 0 Å². The van der Waals surface area contributed by atoms with Crippen molar-refractivity contribution in [1.29, 1.82) is 0 Å². The average Bonchev–Trinajstić information content (AvgIpc) is 3.49. The number of nitrogens with one attached hydrogen (secondary N) is 1. The Morgan fingerprint density at radius 3 is 2.74 bits per heavy atom. The van der Waals surface area contributed by atoms with Crippen LogP contribution in [0.2, 0.25) is 0 Å². The van der Waals surface area contributed by atoms with Crippen molar-refractivity contribution in [2.45, 2.75) is 70.5 Å². The van der Waals surface area contributed by atoms with Crippen molar-refractivity contribution in [3.8, 4) is 5.69 Å². The number of aromatic nitrogens is 4. The molecule has 4 aliphatic carbocycles. The number of allylic oxidation sites excluding steroid dienone is 1. The molecule has 3 aromatic rings. The minimum Gasteiger partial charge on any atom is -0.393 e. The Kier molecular flexibility index (Phi) is 6.40. The van der Waals surface area contributed by atoms with Crippen molar-refractivity contribution in [2.24, 2.45) is 28.6 Å². The van der Waals surface area contributed by atoms with Gasteiger partial charge in [-0.05, 0) is 97.6 Å². The molecule has 1 amide bonds. The second kappa shape index (κ2) is 9.81. The number of hydrogen-bond donors (Lipinski definition) is 3. The number of rotatable bonds is 5. The number of fused-ring (bicyclic) bond motifs is 6. The smallest absolute Gasteiger partial charge is 0.252 e. The van der Waals surface area contributed by atoms with E-state index in [0.717, 1.165) is 48.3 Å². The van der Waals surface area contributed by atoms with Crippen LogP contribution in [-0.4, -0.2) is 54.1 Å². The average molecular weight is 572 g/mol. The highest BCUT2D eigenvalue weighted by Crippen LogP contribution is 2.67. The normalized spacial score (nSPS) is 34.9. The fourth-order valence-electron chi connectivity index (χ4n) is 9.26. The van der Waals surface area contributed by atoms with Crippen LogP contribution in [0.5, 0.6) is 0 Å². The van der Waals surface area contributed by atoms with Crippen LogP contribution in [0.4, 0.5) is 4.39 Å². The molecule has 9 heteroatoms. The summed E-state index contributed by atoms with van der Waals surface area (Å²) in [5.74, 6) is -0.250. The standard InChI is InChI=1S/C33H38FN5O3/c1-31-16-20-18-38-39(24-6-4-22(34)5-7-24)27(20)15-21(31)3-8-25-26-9-11-33(42,32(26,2)17-28(40)29(25)31)30(41)37-12-10-23-19-35-13-14-36-23/h4-7,13-15,18-19,25-26,28-29,40,42H,3,8-12,16-17H2,1-2H3,(H,37,41)/t25?,26?,28-,29?,31-,32-,33-/m0/s1. The minimum atomic E-state index is -1.53. The Labute approximate surface area is 245 Å². The second-order valence-corrected chi connectivity index (χ2v) is 13.3. The maximum absolute atomic E-state index is 13.6. The summed E-state index contributed by atoms with van der Waals surface area (Å²) in [6, 6.07) is 6.38. The number of nitrogens with zero attached hydrogens (tertiary/aromatic N) is 4.